The number of carbonyl (C=O) groups excluding carboxylic acids is 1. The summed E-state index contributed by atoms with van der Waals surface area (Å²) in [6.45, 7) is 9.29. The molecule has 2 fully saturated rings. The summed E-state index contributed by atoms with van der Waals surface area (Å²) in [5.74, 6) is 0.525. The molecule has 0 radical (unpaired) electrons. The molecule has 0 amide bonds. The highest BCUT2D eigenvalue weighted by atomic mass is 31.2. The highest BCUT2D eigenvalue weighted by Crippen LogP contribution is 2.48. The molecule has 13 nitrogen and oxygen atoms in total. The van der Waals surface area contributed by atoms with Crippen molar-refractivity contribution in [1.29, 1.82) is 0 Å². The topological polar surface area (TPSA) is 159 Å². The first kappa shape index (κ1) is 31.3. The van der Waals surface area contributed by atoms with Crippen LogP contribution in [-0.2, 0) is 23.4 Å². The van der Waals surface area contributed by atoms with Crippen LogP contribution in [0.2, 0.25) is 0 Å². The van der Waals surface area contributed by atoms with Gasteiger partial charge >= 0.3 is 13.7 Å². The van der Waals surface area contributed by atoms with Crippen LogP contribution >= 0.6 is 7.75 Å². The highest BCUT2D eigenvalue weighted by molar-refractivity contribution is 7.52. The van der Waals surface area contributed by atoms with Gasteiger partial charge in [0.2, 0.25) is 0 Å². The van der Waals surface area contributed by atoms with E-state index in [1.54, 1.807) is 51.1 Å². The Balaban J connectivity index is 1.36. The van der Waals surface area contributed by atoms with Gasteiger partial charge in [0.05, 0.1) is 19.0 Å². The molecular formula is C28H38FN6O7P. The molecule has 3 aromatic rings. The summed E-state index contributed by atoms with van der Waals surface area (Å²) < 4.78 is 53.9. The second-order valence-electron chi connectivity index (χ2n) is 11.8. The summed E-state index contributed by atoms with van der Waals surface area (Å²) in [6.07, 6.45) is -1.32. The summed E-state index contributed by atoms with van der Waals surface area (Å²) in [6, 6.07) is 7.14. The summed E-state index contributed by atoms with van der Waals surface area (Å²) >= 11 is 0. The molecular weight excluding hydrogens is 582 g/mol. The van der Waals surface area contributed by atoms with Crippen LogP contribution in [0.15, 0.2) is 36.7 Å². The molecule has 15 heteroatoms. The number of aryl methyl sites for hydroxylation is 1. The predicted molar refractivity (Wildman–Crippen MR) is 155 cm³/mol. The maximum absolute atomic E-state index is 16.2. The molecule has 5 rings (SSSR count). The highest BCUT2D eigenvalue weighted by Gasteiger charge is 2.56. The van der Waals surface area contributed by atoms with Crippen molar-refractivity contribution in [2.24, 2.45) is 0 Å². The lowest BCUT2D eigenvalue weighted by Crippen LogP contribution is -2.41. The third kappa shape index (κ3) is 6.83. The number of carbonyl (C=O) groups is 1. The first-order chi connectivity index (χ1) is 20.2. The average Bonchev–Trinajstić information content (AvgIpc) is 3.42. The molecule has 2 unspecified atom stereocenters. The number of halogens is 1. The normalized spacial score (nSPS) is 26.7. The maximum atomic E-state index is 16.2. The minimum Gasteiger partial charge on any atom is -0.462 e. The molecule has 2 aliphatic rings. The van der Waals surface area contributed by atoms with E-state index in [2.05, 4.69) is 32.3 Å². The molecule has 6 atom stereocenters. The van der Waals surface area contributed by atoms with Crippen molar-refractivity contribution in [2.75, 3.05) is 11.9 Å². The van der Waals surface area contributed by atoms with Crippen molar-refractivity contribution in [2.45, 2.75) is 96.2 Å². The number of aliphatic hydroxyl groups is 1. The predicted octanol–water partition coefficient (Wildman–Crippen LogP) is 4.22. The van der Waals surface area contributed by atoms with Crippen LogP contribution in [0.3, 0.4) is 0 Å². The third-order valence-electron chi connectivity index (χ3n) is 7.36. The molecule has 3 N–H and O–H groups in total. The van der Waals surface area contributed by atoms with E-state index in [0.29, 0.717) is 22.8 Å². The summed E-state index contributed by atoms with van der Waals surface area (Å²) in [5, 5.41) is 17.0. The van der Waals surface area contributed by atoms with Crippen molar-refractivity contribution < 1.29 is 37.4 Å². The van der Waals surface area contributed by atoms with Gasteiger partial charge in [0.1, 0.15) is 29.8 Å². The van der Waals surface area contributed by atoms with Crippen LogP contribution < -0.4 is 14.9 Å². The van der Waals surface area contributed by atoms with Gasteiger partial charge in [0.15, 0.2) is 28.9 Å². The van der Waals surface area contributed by atoms with Crippen molar-refractivity contribution in [3.05, 3.63) is 42.5 Å². The van der Waals surface area contributed by atoms with Gasteiger partial charge in [-0.05, 0) is 66.5 Å². The fourth-order valence-electron chi connectivity index (χ4n) is 4.74. The number of rotatable bonds is 12. The Kier molecular flexibility index (Phi) is 8.53. The number of hydrogen-bond acceptors (Lipinski definition) is 11. The Morgan fingerprint density at radius 2 is 1.93 bits per heavy atom. The Morgan fingerprint density at radius 3 is 2.58 bits per heavy atom. The number of ether oxygens (including phenoxy) is 2. The van der Waals surface area contributed by atoms with Gasteiger partial charge in [0, 0.05) is 5.54 Å². The van der Waals surface area contributed by atoms with Crippen LogP contribution in [0.1, 0.15) is 59.5 Å². The summed E-state index contributed by atoms with van der Waals surface area (Å²) in [5.41, 5.74) is -1.62. The minimum absolute atomic E-state index is 0.0819. The van der Waals surface area contributed by atoms with Crippen molar-refractivity contribution in [1.82, 2.24) is 24.6 Å². The van der Waals surface area contributed by atoms with Crippen LogP contribution in [-0.4, -0.2) is 72.8 Å². The van der Waals surface area contributed by atoms with Crippen LogP contribution in [0.25, 0.3) is 11.2 Å². The van der Waals surface area contributed by atoms with E-state index in [1.807, 2.05) is 0 Å². The van der Waals surface area contributed by atoms with Gasteiger partial charge in [-0.15, -0.1) is 0 Å². The van der Waals surface area contributed by atoms with Crippen LogP contribution in [0.4, 0.5) is 10.2 Å². The Hall–Kier alpha value is -3.16. The first-order valence-corrected chi connectivity index (χ1v) is 15.7. The van der Waals surface area contributed by atoms with E-state index < -0.39 is 56.6 Å². The average molecular weight is 621 g/mol. The Bertz CT molecular complexity index is 1520. The smallest absolute Gasteiger partial charge is 0.459 e. The van der Waals surface area contributed by atoms with E-state index in [0.717, 1.165) is 12.8 Å². The van der Waals surface area contributed by atoms with Crippen molar-refractivity contribution in [3.63, 3.8) is 0 Å². The second-order valence-corrected chi connectivity index (χ2v) is 13.5. The number of imidazole rings is 1. The SMILES string of the molecule is Cc1nc(NC2(C)CC2)c2ncn([C@@H]3O[C@H](COP(=O)(NC(C)C(=O)OC(C)C)Oc4ccccc4)[C@@H](O)[C@@]3(C)F)c2n1. The molecule has 234 valence electrons. The van der Waals surface area contributed by atoms with Crippen molar-refractivity contribution in [3.8, 4) is 5.75 Å². The molecule has 1 saturated heterocycles. The molecule has 43 heavy (non-hydrogen) atoms. The van der Waals surface area contributed by atoms with E-state index in [4.69, 9.17) is 18.5 Å². The zero-order chi connectivity index (χ0) is 31.2. The largest absolute Gasteiger partial charge is 0.462 e. The minimum atomic E-state index is -4.27. The number of aromatic nitrogens is 4. The lowest BCUT2D eigenvalue weighted by Gasteiger charge is -2.25. The number of para-hydroxylation sites is 1. The van der Waals surface area contributed by atoms with E-state index in [-0.39, 0.29) is 11.3 Å². The summed E-state index contributed by atoms with van der Waals surface area (Å²) in [4.78, 5) is 25.8. The number of benzene rings is 1. The Morgan fingerprint density at radius 1 is 1.23 bits per heavy atom. The molecule has 2 aromatic heterocycles. The van der Waals surface area contributed by atoms with Gasteiger partial charge in [-0.2, -0.15) is 5.09 Å². The van der Waals surface area contributed by atoms with Gasteiger partial charge in [-0.1, -0.05) is 18.2 Å². The fourth-order valence-corrected chi connectivity index (χ4v) is 6.24. The number of hydrogen-bond donors (Lipinski definition) is 3. The second kappa shape index (κ2) is 11.7. The van der Waals surface area contributed by atoms with Crippen LogP contribution in [0.5, 0.6) is 5.75 Å². The third-order valence-corrected chi connectivity index (χ3v) is 9.00. The number of alkyl halides is 1. The first-order valence-electron chi connectivity index (χ1n) is 14.2. The van der Waals surface area contributed by atoms with Gasteiger partial charge in [-0.3, -0.25) is 13.9 Å². The number of nitrogens with zero attached hydrogens (tertiary/aromatic N) is 4. The van der Waals surface area contributed by atoms with Crippen LogP contribution in [0, 0.1) is 6.92 Å². The number of esters is 1. The van der Waals surface area contributed by atoms with Crippen molar-refractivity contribution >= 4 is 30.7 Å². The quantitative estimate of drug-likeness (QED) is 0.196. The number of aliphatic hydroxyl groups excluding tert-OH is 1. The van der Waals surface area contributed by atoms with E-state index in [1.165, 1.54) is 24.7 Å². The van der Waals surface area contributed by atoms with Gasteiger partial charge in [0.25, 0.3) is 0 Å². The number of fused-ring (bicyclic) bond motifs is 1. The zero-order valence-corrected chi connectivity index (χ0v) is 25.9. The molecule has 0 spiro atoms. The maximum Gasteiger partial charge on any atom is 0.459 e. The Labute approximate surface area is 249 Å². The molecule has 1 aliphatic carbocycles. The van der Waals surface area contributed by atoms with E-state index in [9.17, 15) is 14.5 Å². The van der Waals surface area contributed by atoms with E-state index >= 15 is 4.39 Å². The molecule has 1 aliphatic heterocycles. The standard InChI is InChI=1S/C28H38FN6O7P/c1-16(2)40-25(37)17(3)34-43(38,42-19-10-8-7-9-11-19)39-14-20-22(36)28(6,29)26(41-20)35-15-30-21-23(33-27(5)12-13-27)31-18(4)32-24(21)35/h7-11,15-17,20,22,26,36H,12-14H2,1-6H3,(H,34,38)(H,31,32,33)/t17?,20-,22-,26-,28-,43?/m1/s1. The van der Waals surface area contributed by atoms with Gasteiger partial charge < -0.3 is 24.4 Å². The zero-order valence-electron chi connectivity index (χ0n) is 25.0. The molecule has 1 saturated carbocycles. The molecule has 3 heterocycles. The number of nitrogens with one attached hydrogen (secondary N) is 2. The number of anilines is 1. The van der Waals surface area contributed by atoms with Gasteiger partial charge in [-0.25, -0.2) is 23.9 Å². The molecule has 0 bridgehead atoms. The monoisotopic (exact) mass is 620 g/mol. The lowest BCUT2D eigenvalue weighted by atomic mass is 9.98. The molecule has 1 aromatic carbocycles. The summed E-state index contributed by atoms with van der Waals surface area (Å²) in [7, 11) is -4.27. The fraction of sp³-hybridized carbons (Fsp3) is 0.571. The lowest BCUT2D eigenvalue weighted by molar-refractivity contribution is -0.149.